The van der Waals surface area contributed by atoms with Crippen LogP contribution in [0.3, 0.4) is 0 Å². The van der Waals surface area contributed by atoms with Crippen LogP contribution in [0.2, 0.25) is 0 Å². The zero-order valence-electron chi connectivity index (χ0n) is 46.6. The number of ether oxygens (including phenoxy) is 6. The normalized spacial score (nSPS) is 34.4. The van der Waals surface area contributed by atoms with Crippen LogP contribution in [0.15, 0.2) is 77.9 Å². The molecule has 6 fully saturated rings. The van der Waals surface area contributed by atoms with Crippen molar-refractivity contribution >= 4 is 34.2 Å². The van der Waals surface area contributed by atoms with Gasteiger partial charge in [0.2, 0.25) is 5.43 Å². The van der Waals surface area contributed by atoms with Gasteiger partial charge in [0.05, 0.1) is 42.1 Å². The van der Waals surface area contributed by atoms with Crippen molar-refractivity contribution in [3.05, 3.63) is 106 Å². The van der Waals surface area contributed by atoms with Gasteiger partial charge in [0.25, 0.3) is 5.91 Å². The Balaban J connectivity index is 0.733. The summed E-state index contributed by atoms with van der Waals surface area (Å²) >= 11 is 0. The minimum atomic E-state index is -1.86. The van der Waals surface area contributed by atoms with Crippen LogP contribution in [0.4, 0.5) is 15.8 Å². The Hall–Kier alpha value is -6.08. The number of pyridine rings is 1. The SMILES string of the molecule is NC[C@@H]1O[C@H](O[C@H]2[C@@H](O)[C@H](O[C@@H]3[C@@H](O)[C@H](N)C[C@H](N)[C@H]3O[C@H]3O[C@H](CN)[C@@H](O)[C@H](O)[C@H]3N)O[C@@H]2C(=O)Nc2ccc(-c3cn(Cc4cccc(CN5CCN(c6cc7c(cc6F)c(=O)c(C(=O)O)cn7C6CC6)CC5)c4)nn3)cc2)[C@H](N)[C@@H](O)[C@@H]1O. The smallest absolute Gasteiger partial charge is 0.341 e. The van der Waals surface area contributed by atoms with E-state index in [4.69, 9.17) is 62.8 Å². The number of hydrogen-bond acceptors (Lipinski definition) is 25. The van der Waals surface area contributed by atoms with Crippen molar-refractivity contribution < 1.29 is 78.1 Å². The molecule has 6 heterocycles. The van der Waals surface area contributed by atoms with Crippen LogP contribution in [-0.2, 0) is 46.3 Å². The number of amides is 1. The van der Waals surface area contributed by atoms with Crippen molar-refractivity contribution in [3.63, 3.8) is 0 Å². The van der Waals surface area contributed by atoms with E-state index in [0.717, 1.165) is 24.0 Å². The molecule has 0 radical (unpaired) electrons. The number of anilines is 2. The van der Waals surface area contributed by atoms with Gasteiger partial charge >= 0.3 is 5.97 Å². The number of nitrogens with zero attached hydrogens (tertiary/aromatic N) is 6. The summed E-state index contributed by atoms with van der Waals surface area (Å²) in [5.74, 6) is -2.76. The number of rotatable bonds is 18. The first-order chi connectivity index (χ1) is 41.2. The van der Waals surface area contributed by atoms with Crippen LogP contribution < -0.4 is 50.0 Å². The number of fused-ring (bicyclic) bond motifs is 1. The van der Waals surface area contributed by atoms with E-state index in [1.54, 1.807) is 45.8 Å². The number of carbonyl (C=O) groups is 2. The highest BCUT2D eigenvalue weighted by molar-refractivity contribution is 5.95. The second-order valence-electron chi connectivity index (χ2n) is 23.0. The van der Waals surface area contributed by atoms with Crippen LogP contribution in [0.5, 0.6) is 0 Å². The van der Waals surface area contributed by atoms with Gasteiger partial charge in [-0.05, 0) is 54.7 Å². The van der Waals surface area contributed by atoms with Crippen molar-refractivity contribution in [1.82, 2.24) is 24.5 Å². The quantitative estimate of drug-likeness (QED) is 0.0396. The van der Waals surface area contributed by atoms with Gasteiger partial charge in [0.1, 0.15) is 78.1 Å². The lowest BCUT2D eigenvalue weighted by atomic mass is 9.84. The summed E-state index contributed by atoms with van der Waals surface area (Å²) in [6.07, 6.45) is -17.8. The van der Waals surface area contributed by atoms with Gasteiger partial charge in [-0.1, -0.05) is 41.6 Å². The van der Waals surface area contributed by atoms with Gasteiger partial charge < -0.3 is 113 Å². The maximum Gasteiger partial charge on any atom is 0.341 e. The van der Waals surface area contributed by atoms with E-state index in [1.165, 1.54) is 12.3 Å². The van der Waals surface area contributed by atoms with Crippen molar-refractivity contribution in [1.29, 1.82) is 0 Å². The number of benzene rings is 3. The highest BCUT2D eigenvalue weighted by Gasteiger charge is 2.56. The molecule has 0 unspecified atom stereocenters. The van der Waals surface area contributed by atoms with E-state index in [2.05, 4.69) is 26.6 Å². The third-order valence-corrected chi connectivity index (χ3v) is 17.1. The molecule has 5 aromatic rings. The monoisotopic (exact) mass is 1200 g/mol. The summed E-state index contributed by atoms with van der Waals surface area (Å²) in [5.41, 5.74) is 40.2. The van der Waals surface area contributed by atoms with Crippen molar-refractivity contribution in [2.45, 2.75) is 155 Å². The average Bonchev–Trinajstić information content (AvgIpc) is 1.44. The fourth-order valence-corrected chi connectivity index (χ4v) is 12.0. The van der Waals surface area contributed by atoms with E-state index in [9.17, 15) is 50.1 Å². The molecule has 1 amide bonds. The highest BCUT2D eigenvalue weighted by atomic mass is 19.1. The average molecular weight is 1200 g/mol. The maximum atomic E-state index is 15.7. The van der Waals surface area contributed by atoms with Crippen molar-refractivity contribution in [2.75, 3.05) is 49.5 Å². The molecular weight excluding hydrogens is 1130 g/mol. The Labute approximate surface area is 491 Å². The van der Waals surface area contributed by atoms with E-state index < -0.39 is 139 Å². The van der Waals surface area contributed by atoms with Crippen LogP contribution in [0.1, 0.15) is 46.8 Å². The zero-order valence-corrected chi connectivity index (χ0v) is 46.6. The maximum absolute atomic E-state index is 15.7. The first kappa shape index (κ1) is 61.6. The second kappa shape index (κ2) is 25.6. The lowest BCUT2D eigenvalue weighted by Gasteiger charge is -2.47. The number of aliphatic hydroxyl groups excluding tert-OH is 6. The Morgan fingerprint density at radius 1 is 0.698 bits per heavy atom. The van der Waals surface area contributed by atoms with E-state index >= 15 is 4.39 Å². The number of aromatic nitrogens is 4. The predicted molar refractivity (Wildman–Crippen MR) is 302 cm³/mol. The molecule has 6 aliphatic rings. The molecule has 0 bridgehead atoms. The van der Waals surface area contributed by atoms with Crippen molar-refractivity contribution in [2.24, 2.45) is 34.4 Å². The molecule has 466 valence electrons. The Morgan fingerprint density at radius 2 is 1.31 bits per heavy atom. The van der Waals surface area contributed by atoms with Crippen LogP contribution >= 0.6 is 0 Å². The molecule has 2 saturated carbocycles. The van der Waals surface area contributed by atoms with Crippen LogP contribution in [0.25, 0.3) is 22.2 Å². The number of nitrogens with two attached hydrogens (primary N) is 6. The lowest BCUT2D eigenvalue weighted by Crippen LogP contribution is -2.68. The van der Waals surface area contributed by atoms with Crippen LogP contribution in [-0.4, -0.2) is 228 Å². The van der Waals surface area contributed by atoms with E-state index in [0.29, 0.717) is 61.7 Å². The van der Waals surface area contributed by atoms with Gasteiger partial charge in [-0.3, -0.25) is 14.5 Å². The second-order valence-corrected chi connectivity index (χ2v) is 23.0. The molecule has 4 saturated heterocycles. The molecule has 2 aliphatic carbocycles. The minimum absolute atomic E-state index is 0.00390. The summed E-state index contributed by atoms with van der Waals surface area (Å²) < 4.78 is 55.4. The number of aromatic carboxylic acids is 1. The Kier molecular flexibility index (Phi) is 18.3. The molecule has 4 aliphatic heterocycles. The fourth-order valence-electron chi connectivity index (χ4n) is 12.0. The number of carbonyl (C=O) groups excluding carboxylic acids is 1. The Bertz CT molecular complexity index is 3280. The van der Waals surface area contributed by atoms with E-state index in [-0.39, 0.29) is 42.2 Å². The molecule has 0 spiro atoms. The molecule has 20 N–H and O–H groups in total. The molecule has 19 atom stereocenters. The summed E-state index contributed by atoms with van der Waals surface area (Å²) in [6, 6.07) is 12.9. The van der Waals surface area contributed by atoms with Gasteiger partial charge in [0, 0.05) is 86.8 Å². The molecule has 11 rings (SSSR count). The number of hydrogen-bond donors (Lipinski definition) is 14. The molecular formula is C56H74FN13O16. The standard InChI is InChI=1S/C56H74FN13O16/c57-31-15-29-35(70(28-8-9-28)22-30(41(29)71)53(79)80)17-36(31)68-12-10-67(11-13-68)20-24-2-1-3-25(14-24)21-69-23-34(65-66-69)26-4-6-27(7-5-26)64-52(78)51-50(84-55-40(63)46(76)44(74)38(19-59)82-55)47(77)56(86-51)85-49-42(72)32(60)16-33(61)48(49)83-54-39(62)45(75)43(73)37(18-58)81-54/h1-7,14-15,17,22-23,28,32-33,37-40,42-51,54-56,72-77H,8-13,16,18-21,58-63H2,(H,64,78)(H,79,80)/t32-,33+,37-,38+,39-,40-,42+,43-,44-,45-,46-,47-,48-,49-,50+,51+,54-,55-,56-/m1/s1. The molecule has 29 nitrogen and oxygen atoms in total. The predicted octanol–water partition coefficient (Wildman–Crippen LogP) is -4.13. The largest absolute Gasteiger partial charge is 0.477 e. The van der Waals surface area contributed by atoms with Gasteiger partial charge in [-0.15, -0.1) is 5.10 Å². The summed E-state index contributed by atoms with van der Waals surface area (Å²) in [5, 5.41) is 87.1. The van der Waals surface area contributed by atoms with Gasteiger partial charge in [-0.2, -0.15) is 0 Å². The minimum Gasteiger partial charge on any atom is -0.477 e. The molecule has 3 aromatic carbocycles. The van der Waals surface area contributed by atoms with Gasteiger partial charge in [-0.25, -0.2) is 13.9 Å². The number of nitrogens with one attached hydrogen (secondary N) is 1. The molecule has 30 heteroatoms. The highest BCUT2D eigenvalue weighted by Crippen LogP contribution is 2.39. The lowest BCUT2D eigenvalue weighted by molar-refractivity contribution is -0.306. The summed E-state index contributed by atoms with van der Waals surface area (Å²) in [6.45, 7) is 2.93. The number of halogens is 1. The number of carboxylic acid groups (broad SMARTS) is 1. The number of carboxylic acids is 1. The molecule has 86 heavy (non-hydrogen) atoms. The topological polar surface area (TPSA) is 458 Å². The first-order valence-electron chi connectivity index (χ1n) is 28.6. The third-order valence-electron chi connectivity index (χ3n) is 17.1. The Morgan fingerprint density at radius 3 is 1.93 bits per heavy atom. The number of aliphatic hydroxyl groups is 6. The first-order valence-corrected chi connectivity index (χ1v) is 28.6. The van der Waals surface area contributed by atoms with Gasteiger partial charge in [0.15, 0.2) is 25.0 Å². The summed E-state index contributed by atoms with van der Waals surface area (Å²) in [7, 11) is 0. The fraction of sp³-hybridized carbons (Fsp3) is 0.554. The third kappa shape index (κ3) is 12.5. The summed E-state index contributed by atoms with van der Waals surface area (Å²) in [4.78, 5) is 43.4. The van der Waals surface area contributed by atoms with E-state index in [1.807, 2.05) is 23.1 Å². The van der Waals surface area contributed by atoms with Crippen LogP contribution in [0, 0.1) is 5.82 Å². The number of piperazine rings is 1. The zero-order chi connectivity index (χ0) is 61.0. The van der Waals surface area contributed by atoms with Crippen molar-refractivity contribution in [3.8, 4) is 11.3 Å². The molecule has 2 aromatic heterocycles.